The van der Waals surface area contributed by atoms with Crippen LogP contribution >= 0.6 is 11.6 Å². The number of nitrogens with zero attached hydrogens (tertiary/aromatic N) is 2. The number of carbonyl (C=O) groups excluding carboxylic acids is 1. The van der Waals surface area contributed by atoms with E-state index in [2.05, 4.69) is 15.8 Å². The molecular weight excluding hydrogens is 400 g/mol. The molecule has 30 heavy (non-hydrogen) atoms. The number of pyridine rings is 1. The minimum Gasteiger partial charge on any atom is -0.508 e. The number of hydrazine groups is 1. The zero-order valence-corrected chi connectivity index (χ0v) is 16.8. The summed E-state index contributed by atoms with van der Waals surface area (Å²) in [5.41, 5.74) is 9.17. The van der Waals surface area contributed by atoms with E-state index in [0.29, 0.717) is 11.6 Å². The van der Waals surface area contributed by atoms with Crippen LogP contribution in [0.3, 0.4) is 0 Å². The van der Waals surface area contributed by atoms with Crippen LogP contribution in [0, 0.1) is 5.92 Å². The van der Waals surface area contributed by atoms with E-state index in [1.54, 1.807) is 24.5 Å². The van der Waals surface area contributed by atoms with Gasteiger partial charge < -0.3 is 10.0 Å². The first-order valence-electron chi connectivity index (χ1n) is 9.87. The standard InChI is InChI=1S/C23H21ClN4O2/c24-16-9-7-15(8-10-16)22-19-20(17-5-1-2-6-18(17)29)26-27-21(19)23(30)28(22)13-14-4-3-11-25-12-14/h1-12,19-22,26-27,29H,13H2. The second kappa shape index (κ2) is 7.72. The Bertz CT molecular complexity index is 1060. The van der Waals surface area contributed by atoms with Crippen LogP contribution < -0.4 is 10.9 Å². The third-order valence-corrected chi connectivity index (χ3v) is 6.22. The Morgan fingerprint density at radius 1 is 1.00 bits per heavy atom. The molecule has 2 fully saturated rings. The van der Waals surface area contributed by atoms with Crippen molar-refractivity contribution in [1.82, 2.24) is 20.7 Å². The molecule has 6 nitrogen and oxygen atoms in total. The highest BCUT2D eigenvalue weighted by molar-refractivity contribution is 6.30. The van der Waals surface area contributed by atoms with Crippen LogP contribution in [0.4, 0.5) is 0 Å². The van der Waals surface area contributed by atoms with Gasteiger partial charge >= 0.3 is 0 Å². The summed E-state index contributed by atoms with van der Waals surface area (Å²) >= 11 is 6.12. The van der Waals surface area contributed by atoms with E-state index in [-0.39, 0.29) is 29.7 Å². The van der Waals surface area contributed by atoms with Crippen molar-refractivity contribution in [3.8, 4) is 5.75 Å². The molecule has 4 unspecified atom stereocenters. The molecule has 4 atom stereocenters. The van der Waals surface area contributed by atoms with E-state index in [0.717, 1.165) is 16.7 Å². The molecule has 0 saturated carbocycles. The highest BCUT2D eigenvalue weighted by atomic mass is 35.5. The van der Waals surface area contributed by atoms with Crippen molar-refractivity contribution in [2.45, 2.75) is 24.7 Å². The summed E-state index contributed by atoms with van der Waals surface area (Å²) in [7, 11) is 0. The van der Waals surface area contributed by atoms with E-state index in [1.807, 2.05) is 53.4 Å². The van der Waals surface area contributed by atoms with E-state index < -0.39 is 6.04 Å². The molecule has 5 rings (SSSR count). The fourth-order valence-corrected chi connectivity index (χ4v) is 4.77. The minimum absolute atomic E-state index is 0.0224. The van der Waals surface area contributed by atoms with E-state index in [9.17, 15) is 9.90 Å². The first kappa shape index (κ1) is 19.1. The molecular formula is C23H21ClN4O2. The molecule has 0 bridgehead atoms. The van der Waals surface area contributed by atoms with Crippen LogP contribution in [0.5, 0.6) is 5.75 Å². The first-order chi connectivity index (χ1) is 14.6. The van der Waals surface area contributed by atoms with Gasteiger partial charge in [0.25, 0.3) is 0 Å². The number of phenols is 1. The summed E-state index contributed by atoms with van der Waals surface area (Å²) in [5, 5.41) is 11.1. The number of fused-ring (bicyclic) bond motifs is 1. The number of rotatable bonds is 4. The van der Waals surface area contributed by atoms with Gasteiger partial charge in [-0.25, -0.2) is 10.9 Å². The number of benzene rings is 2. The van der Waals surface area contributed by atoms with Gasteiger partial charge in [0.2, 0.25) is 5.91 Å². The molecule has 3 heterocycles. The SMILES string of the molecule is O=C1C2NNC(c3ccccc3O)C2C(c2ccc(Cl)cc2)N1Cc1cccnc1. The molecule has 0 aliphatic carbocycles. The number of aromatic nitrogens is 1. The normalized spacial score (nSPS) is 25.5. The number of hydrogen-bond donors (Lipinski definition) is 3. The molecule has 0 radical (unpaired) electrons. The quantitative estimate of drug-likeness (QED) is 0.603. The topological polar surface area (TPSA) is 77.5 Å². The lowest BCUT2D eigenvalue weighted by Gasteiger charge is -2.31. The number of amides is 1. The van der Waals surface area contributed by atoms with Gasteiger partial charge in [-0.05, 0) is 35.4 Å². The molecule has 152 valence electrons. The number of aromatic hydroxyl groups is 1. The molecule has 7 heteroatoms. The number of halogens is 1. The maximum absolute atomic E-state index is 13.4. The summed E-state index contributed by atoms with van der Waals surface area (Å²) in [6.45, 7) is 0.460. The van der Waals surface area contributed by atoms with Crippen LogP contribution in [0.2, 0.25) is 5.02 Å². The second-order valence-corrected chi connectivity index (χ2v) is 8.14. The molecule has 0 spiro atoms. The highest BCUT2D eigenvalue weighted by Crippen LogP contribution is 2.49. The second-order valence-electron chi connectivity index (χ2n) is 7.70. The van der Waals surface area contributed by atoms with E-state index in [4.69, 9.17) is 11.6 Å². The van der Waals surface area contributed by atoms with Crippen molar-refractivity contribution in [3.05, 3.63) is 94.8 Å². The number of phenolic OH excluding ortho intramolecular Hbond substituents is 1. The number of nitrogens with one attached hydrogen (secondary N) is 2. The molecule has 2 saturated heterocycles. The molecule has 2 aliphatic rings. The fraction of sp³-hybridized carbons (Fsp3) is 0.217. The Morgan fingerprint density at radius 3 is 2.50 bits per heavy atom. The minimum atomic E-state index is -0.396. The lowest BCUT2D eigenvalue weighted by molar-refractivity contribution is -0.131. The smallest absolute Gasteiger partial charge is 0.242 e. The zero-order valence-electron chi connectivity index (χ0n) is 16.1. The van der Waals surface area contributed by atoms with Crippen LogP contribution in [0.15, 0.2) is 73.1 Å². The molecule has 1 amide bonds. The Labute approximate surface area is 179 Å². The molecule has 2 aromatic carbocycles. The third kappa shape index (κ3) is 3.23. The van der Waals surface area contributed by atoms with Gasteiger partial charge in [-0.1, -0.05) is 48.0 Å². The fourth-order valence-electron chi connectivity index (χ4n) is 4.64. The maximum Gasteiger partial charge on any atom is 0.242 e. The lowest BCUT2D eigenvalue weighted by Crippen LogP contribution is -2.41. The number of para-hydroxylation sites is 1. The molecule has 3 aromatic rings. The summed E-state index contributed by atoms with van der Waals surface area (Å²) < 4.78 is 0. The molecule has 2 aliphatic heterocycles. The lowest BCUT2D eigenvalue weighted by atomic mass is 9.83. The van der Waals surface area contributed by atoms with Gasteiger partial charge in [-0.3, -0.25) is 9.78 Å². The monoisotopic (exact) mass is 420 g/mol. The van der Waals surface area contributed by atoms with Crippen LogP contribution in [0.1, 0.15) is 28.8 Å². The maximum atomic E-state index is 13.4. The first-order valence-corrected chi connectivity index (χ1v) is 10.2. The molecule has 1 aromatic heterocycles. The van der Waals surface area contributed by atoms with Gasteiger partial charge in [-0.2, -0.15) is 0 Å². The van der Waals surface area contributed by atoms with Crippen molar-refractivity contribution >= 4 is 17.5 Å². The Balaban J connectivity index is 1.58. The van der Waals surface area contributed by atoms with Gasteiger partial charge in [0.05, 0.1) is 12.1 Å². The average molecular weight is 421 g/mol. The van der Waals surface area contributed by atoms with Crippen molar-refractivity contribution in [2.24, 2.45) is 5.92 Å². The summed E-state index contributed by atoms with van der Waals surface area (Å²) in [6.07, 6.45) is 3.51. The predicted molar refractivity (Wildman–Crippen MR) is 113 cm³/mol. The van der Waals surface area contributed by atoms with Gasteiger partial charge in [-0.15, -0.1) is 0 Å². The van der Waals surface area contributed by atoms with E-state index >= 15 is 0 Å². The van der Waals surface area contributed by atoms with Crippen molar-refractivity contribution in [1.29, 1.82) is 0 Å². The highest BCUT2D eigenvalue weighted by Gasteiger charge is 2.55. The van der Waals surface area contributed by atoms with Crippen molar-refractivity contribution in [2.75, 3.05) is 0 Å². The average Bonchev–Trinajstić information content (AvgIpc) is 3.30. The largest absolute Gasteiger partial charge is 0.508 e. The molecule has 3 N–H and O–H groups in total. The summed E-state index contributed by atoms with van der Waals surface area (Å²) in [5.74, 6) is 0.128. The Kier molecular flexibility index (Phi) is 4.90. The van der Waals surface area contributed by atoms with Crippen LogP contribution in [0.25, 0.3) is 0 Å². The van der Waals surface area contributed by atoms with Crippen LogP contribution in [-0.2, 0) is 11.3 Å². The summed E-state index contributed by atoms with van der Waals surface area (Å²) in [6, 6.07) is 17.9. The number of hydrogen-bond acceptors (Lipinski definition) is 5. The van der Waals surface area contributed by atoms with E-state index in [1.165, 1.54) is 0 Å². The van der Waals surface area contributed by atoms with Crippen molar-refractivity contribution in [3.63, 3.8) is 0 Å². The van der Waals surface area contributed by atoms with Gasteiger partial charge in [0, 0.05) is 35.4 Å². The Morgan fingerprint density at radius 2 is 1.77 bits per heavy atom. The third-order valence-electron chi connectivity index (χ3n) is 5.97. The number of carbonyl (C=O) groups is 1. The van der Waals surface area contributed by atoms with Crippen molar-refractivity contribution < 1.29 is 9.90 Å². The van der Waals surface area contributed by atoms with Gasteiger partial charge in [0.15, 0.2) is 0 Å². The Hall–Kier alpha value is -2.93. The predicted octanol–water partition coefficient (Wildman–Crippen LogP) is 3.36. The summed E-state index contributed by atoms with van der Waals surface area (Å²) in [4.78, 5) is 19.5. The van der Waals surface area contributed by atoms with Crippen LogP contribution in [-0.4, -0.2) is 26.9 Å². The van der Waals surface area contributed by atoms with Gasteiger partial charge in [0.1, 0.15) is 11.8 Å². The zero-order chi connectivity index (χ0) is 20.7. The number of likely N-dealkylation sites (tertiary alicyclic amines) is 1.